The summed E-state index contributed by atoms with van der Waals surface area (Å²) < 4.78 is 8.04. The average molecular weight is 249 g/mol. The number of hydrogen-bond donors (Lipinski definition) is 1. The van der Waals surface area contributed by atoms with Crippen molar-refractivity contribution >= 4 is 0 Å². The van der Waals surface area contributed by atoms with Gasteiger partial charge in [0.2, 0.25) is 0 Å². The van der Waals surface area contributed by atoms with Crippen molar-refractivity contribution in [1.29, 1.82) is 0 Å². The van der Waals surface area contributed by atoms with E-state index >= 15 is 0 Å². The lowest BCUT2D eigenvalue weighted by molar-refractivity contribution is -0.0208. The van der Waals surface area contributed by atoms with Gasteiger partial charge in [0.15, 0.2) is 0 Å². The number of nitrogens with zero attached hydrogens (tertiary/aromatic N) is 2. The average Bonchev–Trinajstić information content (AvgIpc) is 2.92. The van der Waals surface area contributed by atoms with E-state index in [1.165, 1.54) is 12.1 Å². The lowest BCUT2D eigenvalue weighted by atomic mass is 9.83. The largest absolute Gasteiger partial charge is 0.378 e. The van der Waals surface area contributed by atoms with Crippen molar-refractivity contribution in [3.63, 3.8) is 0 Å². The number of aromatic nitrogens is 2. The SMILES string of the molecule is CCOC1CC(n2cncc2C2(C)CCNC2)C1. The zero-order valence-electron chi connectivity index (χ0n) is 11.4. The Morgan fingerprint density at radius 1 is 1.56 bits per heavy atom. The molecular weight excluding hydrogens is 226 g/mol. The molecule has 1 saturated carbocycles. The smallest absolute Gasteiger partial charge is 0.0951 e. The molecule has 0 radical (unpaired) electrons. The van der Waals surface area contributed by atoms with Crippen molar-refractivity contribution in [1.82, 2.24) is 14.9 Å². The number of ether oxygens (including phenoxy) is 1. The molecule has 3 rings (SSSR count). The van der Waals surface area contributed by atoms with Gasteiger partial charge in [-0.15, -0.1) is 0 Å². The second kappa shape index (κ2) is 4.67. The molecule has 1 aromatic heterocycles. The number of imidazole rings is 1. The van der Waals surface area contributed by atoms with E-state index in [4.69, 9.17) is 4.74 Å². The standard InChI is InChI=1S/C14H23N3O/c1-3-18-12-6-11(7-12)17-10-16-8-13(17)14(2)4-5-15-9-14/h8,10-12,15H,3-7,9H2,1-2H3. The quantitative estimate of drug-likeness (QED) is 0.885. The van der Waals surface area contributed by atoms with Gasteiger partial charge in [0.1, 0.15) is 0 Å². The molecular formula is C14H23N3O. The molecule has 18 heavy (non-hydrogen) atoms. The molecule has 1 aromatic rings. The summed E-state index contributed by atoms with van der Waals surface area (Å²) in [6, 6.07) is 0.594. The van der Waals surface area contributed by atoms with Crippen LogP contribution in [0.15, 0.2) is 12.5 Å². The fourth-order valence-electron chi connectivity index (χ4n) is 3.24. The Balaban J connectivity index is 1.73. The van der Waals surface area contributed by atoms with E-state index in [0.717, 1.165) is 32.5 Å². The molecule has 1 atom stereocenters. The fourth-order valence-corrected chi connectivity index (χ4v) is 3.24. The summed E-state index contributed by atoms with van der Waals surface area (Å²) in [5.74, 6) is 0. The normalized spacial score (nSPS) is 35.7. The Hall–Kier alpha value is -0.870. The molecule has 0 amide bonds. The maximum atomic E-state index is 5.65. The highest BCUT2D eigenvalue weighted by atomic mass is 16.5. The Bertz CT molecular complexity index is 403. The molecule has 1 unspecified atom stereocenters. The van der Waals surface area contributed by atoms with Gasteiger partial charge in [-0.1, -0.05) is 6.92 Å². The van der Waals surface area contributed by atoms with Crippen LogP contribution < -0.4 is 5.32 Å². The van der Waals surface area contributed by atoms with E-state index in [9.17, 15) is 0 Å². The number of hydrogen-bond acceptors (Lipinski definition) is 3. The molecule has 0 bridgehead atoms. The summed E-state index contributed by atoms with van der Waals surface area (Å²) in [5.41, 5.74) is 1.65. The molecule has 1 aliphatic heterocycles. The van der Waals surface area contributed by atoms with Crippen LogP contribution in [0.3, 0.4) is 0 Å². The molecule has 0 spiro atoms. The maximum Gasteiger partial charge on any atom is 0.0951 e. The van der Waals surface area contributed by atoms with Gasteiger partial charge in [0.05, 0.1) is 12.4 Å². The van der Waals surface area contributed by atoms with Crippen molar-refractivity contribution in [2.75, 3.05) is 19.7 Å². The van der Waals surface area contributed by atoms with Gasteiger partial charge in [-0.3, -0.25) is 0 Å². The van der Waals surface area contributed by atoms with Crippen LogP contribution in [-0.2, 0) is 10.2 Å². The third kappa shape index (κ3) is 1.97. The Morgan fingerprint density at radius 3 is 3.06 bits per heavy atom. The third-order valence-corrected chi connectivity index (χ3v) is 4.52. The van der Waals surface area contributed by atoms with Crippen molar-refractivity contribution in [3.05, 3.63) is 18.2 Å². The highest BCUT2D eigenvalue weighted by molar-refractivity contribution is 5.18. The van der Waals surface area contributed by atoms with Crippen LogP contribution in [0.4, 0.5) is 0 Å². The topological polar surface area (TPSA) is 39.1 Å². The summed E-state index contributed by atoms with van der Waals surface area (Å²) >= 11 is 0. The highest BCUT2D eigenvalue weighted by Gasteiger charge is 2.38. The Morgan fingerprint density at radius 2 is 2.39 bits per heavy atom. The molecule has 1 N–H and O–H groups in total. The maximum absolute atomic E-state index is 5.65. The summed E-state index contributed by atoms with van der Waals surface area (Å²) in [6.07, 6.45) is 8.01. The number of nitrogens with one attached hydrogen (secondary N) is 1. The molecule has 2 aliphatic rings. The predicted octanol–water partition coefficient (Wildman–Crippen LogP) is 1.87. The second-order valence-electron chi connectivity index (χ2n) is 5.88. The predicted molar refractivity (Wildman–Crippen MR) is 70.8 cm³/mol. The third-order valence-electron chi connectivity index (χ3n) is 4.52. The van der Waals surface area contributed by atoms with Crippen molar-refractivity contribution in [3.8, 4) is 0 Å². The van der Waals surface area contributed by atoms with Gasteiger partial charge < -0.3 is 14.6 Å². The minimum Gasteiger partial charge on any atom is -0.378 e. The van der Waals surface area contributed by atoms with E-state index in [2.05, 4.69) is 34.9 Å². The minimum atomic E-state index is 0.257. The molecule has 2 fully saturated rings. The molecule has 100 valence electrons. The highest BCUT2D eigenvalue weighted by Crippen LogP contribution is 2.39. The van der Waals surface area contributed by atoms with Gasteiger partial charge >= 0.3 is 0 Å². The van der Waals surface area contributed by atoms with E-state index in [-0.39, 0.29) is 5.41 Å². The molecule has 4 nitrogen and oxygen atoms in total. The fraction of sp³-hybridized carbons (Fsp3) is 0.786. The molecule has 0 aromatic carbocycles. The second-order valence-corrected chi connectivity index (χ2v) is 5.88. The molecule has 1 aliphatic carbocycles. The first kappa shape index (κ1) is 12.2. The number of rotatable bonds is 4. The minimum absolute atomic E-state index is 0.257. The monoisotopic (exact) mass is 249 g/mol. The molecule has 4 heteroatoms. The lowest BCUT2D eigenvalue weighted by Crippen LogP contribution is -2.37. The first-order valence-electron chi connectivity index (χ1n) is 7.07. The van der Waals surface area contributed by atoms with Crippen molar-refractivity contribution in [2.45, 2.75) is 50.7 Å². The summed E-state index contributed by atoms with van der Waals surface area (Å²) in [5, 5.41) is 3.47. The van der Waals surface area contributed by atoms with Gasteiger partial charge in [0.25, 0.3) is 0 Å². The zero-order valence-corrected chi connectivity index (χ0v) is 11.4. The van der Waals surface area contributed by atoms with Crippen LogP contribution in [0, 0.1) is 0 Å². The van der Waals surface area contributed by atoms with Crippen LogP contribution >= 0.6 is 0 Å². The van der Waals surface area contributed by atoms with Crippen LogP contribution in [0.2, 0.25) is 0 Å². The first-order valence-corrected chi connectivity index (χ1v) is 7.07. The Labute approximate surface area is 109 Å². The van der Waals surface area contributed by atoms with E-state index in [1.807, 2.05) is 6.33 Å². The van der Waals surface area contributed by atoms with E-state index < -0.39 is 0 Å². The molecule has 1 saturated heterocycles. The van der Waals surface area contributed by atoms with Gasteiger partial charge in [-0.25, -0.2) is 4.98 Å². The van der Waals surface area contributed by atoms with E-state index in [1.54, 1.807) is 0 Å². The Kier molecular flexibility index (Phi) is 3.16. The molecule has 2 heterocycles. The summed E-state index contributed by atoms with van der Waals surface area (Å²) in [4.78, 5) is 4.38. The van der Waals surface area contributed by atoms with Gasteiger partial charge in [-0.2, -0.15) is 0 Å². The summed E-state index contributed by atoms with van der Waals surface area (Å²) in [7, 11) is 0. The zero-order chi connectivity index (χ0) is 12.6. The van der Waals surface area contributed by atoms with Crippen LogP contribution in [-0.4, -0.2) is 35.4 Å². The van der Waals surface area contributed by atoms with Gasteiger partial charge in [0, 0.05) is 36.5 Å². The van der Waals surface area contributed by atoms with Crippen LogP contribution in [0.5, 0.6) is 0 Å². The van der Waals surface area contributed by atoms with Gasteiger partial charge in [-0.05, 0) is 32.7 Å². The first-order chi connectivity index (χ1) is 8.73. The van der Waals surface area contributed by atoms with Crippen LogP contribution in [0.25, 0.3) is 0 Å². The van der Waals surface area contributed by atoms with Crippen molar-refractivity contribution < 1.29 is 4.74 Å². The lowest BCUT2D eigenvalue weighted by Gasteiger charge is -2.38. The summed E-state index contributed by atoms with van der Waals surface area (Å²) in [6.45, 7) is 7.43. The van der Waals surface area contributed by atoms with E-state index in [0.29, 0.717) is 12.1 Å². The van der Waals surface area contributed by atoms with Crippen molar-refractivity contribution in [2.24, 2.45) is 0 Å². The van der Waals surface area contributed by atoms with Crippen LogP contribution in [0.1, 0.15) is 44.8 Å².